The fraction of sp³-hybridized carbons (Fsp3) is 0.571. The minimum Gasteiger partial charge on any atom is -0.349 e. The summed E-state index contributed by atoms with van der Waals surface area (Å²) in [4.78, 5) is 16.7. The first-order chi connectivity index (χ1) is 12.8. The van der Waals surface area contributed by atoms with Crippen LogP contribution in [0, 0.1) is 19.8 Å². The average Bonchev–Trinajstić information content (AvgIpc) is 2.99. The Morgan fingerprint density at radius 3 is 2.59 bits per heavy atom. The molecule has 0 bridgehead atoms. The molecule has 2 heterocycles. The van der Waals surface area contributed by atoms with E-state index in [1.165, 1.54) is 11.4 Å². The van der Waals surface area contributed by atoms with Crippen molar-refractivity contribution in [3.05, 3.63) is 46.0 Å². The van der Waals surface area contributed by atoms with Gasteiger partial charge in [-0.05, 0) is 63.5 Å². The van der Waals surface area contributed by atoms with Gasteiger partial charge in [0.1, 0.15) is 0 Å². The van der Waals surface area contributed by atoms with E-state index in [4.69, 9.17) is 16.7 Å². The van der Waals surface area contributed by atoms with Crippen LogP contribution in [0.2, 0.25) is 5.02 Å². The molecule has 1 amide bonds. The maximum Gasteiger partial charge on any atom is 0.253 e. The molecule has 6 heteroatoms. The van der Waals surface area contributed by atoms with Gasteiger partial charge in [-0.25, -0.2) is 0 Å². The summed E-state index contributed by atoms with van der Waals surface area (Å²) >= 11 is 5.98. The summed E-state index contributed by atoms with van der Waals surface area (Å²) in [5.74, 6) is 1.00. The second-order valence-electron chi connectivity index (χ2n) is 8.03. The molecule has 5 nitrogen and oxygen atoms in total. The Morgan fingerprint density at radius 2 is 1.96 bits per heavy atom. The third-order valence-electron chi connectivity index (χ3n) is 5.50. The molecule has 2 aromatic heterocycles. The van der Waals surface area contributed by atoms with E-state index in [-0.39, 0.29) is 11.9 Å². The van der Waals surface area contributed by atoms with Crippen molar-refractivity contribution in [2.45, 2.75) is 71.9 Å². The fourth-order valence-electron chi connectivity index (χ4n) is 3.74. The predicted octanol–water partition coefficient (Wildman–Crippen LogP) is 4.66. The van der Waals surface area contributed by atoms with Gasteiger partial charge >= 0.3 is 0 Å². The van der Waals surface area contributed by atoms with E-state index < -0.39 is 0 Å². The number of nitrogens with zero attached hydrogens (tertiary/aromatic N) is 3. The van der Waals surface area contributed by atoms with E-state index in [0.717, 1.165) is 32.2 Å². The van der Waals surface area contributed by atoms with Crippen molar-refractivity contribution in [3.8, 4) is 0 Å². The molecule has 0 radical (unpaired) electrons. The van der Waals surface area contributed by atoms with E-state index in [9.17, 15) is 4.79 Å². The second-order valence-corrected chi connectivity index (χ2v) is 8.46. The van der Waals surface area contributed by atoms with Crippen LogP contribution < -0.4 is 5.32 Å². The maximum absolute atomic E-state index is 12.5. The van der Waals surface area contributed by atoms with Gasteiger partial charge < -0.3 is 5.32 Å². The van der Waals surface area contributed by atoms with Gasteiger partial charge in [0.15, 0.2) is 0 Å². The van der Waals surface area contributed by atoms with Crippen LogP contribution in [0.15, 0.2) is 18.3 Å². The zero-order chi connectivity index (χ0) is 19.6. The molecule has 0 unspecified atom stereocenters. The van der Waals surface area contributed by atoms with Crippen LogP contribution >= 0.6 is 11.6 Å². The predicted molar refractivity (Wildman–Crippen MR) is 108 cm³/mol. The summed E-state index contributed by atoms with van der Waals surface area (Å²) in [6.45, 7) is 9.29. The highest BCUT2D eigenvalue weighted by Crippen LogP contribution is 2.27. The van der Waals surface area contributed by atoms with Crippen molar-refractivity contribution >= 4 is 17.5 Å². The van der Waals surface area contributed by atoms with Crippen molar-refractivity contribution in [2.75, 3.05) is 0 Å². The molecular formula is C21H29ClN4O. The summed E-state index contributed by atoms with van der Waals surface area (Å²) < 4.78 is 2.15. The van der Waals surface area contributed by atoms with E-state index in [0.29, 0.717) is 28.1 Å². The van der Waals surface area contributed by atoms with Gasteiger partial charge in [0.05, 0.1) is 22.0 Å². The lowest BCUT2D eigenvalue weighted by atomic mass is 9.86. The molecule has 146 valence electrons. The molecule has 1 fully saturated rings. The topological polar surface area (TPSA) is 59.8 Å². The van der Waals surface area contributed by atoms with Gasteiger partial charge in [0, 0.05) is 24.5 Å². The lowest BCUT2D eigenvalue weighted by Gasteiger charge is -2.29. The molecule has 0 atom stereocenters. The number of carbonyl (C=O) groups is 1. The molecule has 0 saturated heterocycles. The summed E-state index contributed by atoms with van der Waals surface area (Å²) in [5.41, 5.74) is 3.68. The maximum atomic E-state index is 12.5. The Bertz CT molecular complexity index is 807. The number of aromatic nitrogens is 3. The van der Waals surface area contributed by atoms with Crippen LogP contribution in [-0.4, -0.2) is 26.7 Å². The SMILES string of the molecule is Cc1ncc(Cl)cc1C(=O)NC1CCC(Cn2nc(C(C)C)cc2C)CC1. The highest BCUT2D eigenvalue weighted by Gasteiger charge is 2.24. The number of amides is 1. The number of rotatable bonds is 5. The van der Waals surface area contributed by atoms with Crippen molar-refractivity contribution in [3.63, 3.8) is 0 Å². The zero-order valence-corrected chi connectivity index (χ0v) is 17.4. The number of aryl methyl sites for hydroxylation is 2. The molecule has 0 spiro atoms. The first-order valence-electron chi connectivity index (χ1n) is 9.81. The van der Waals surface area contributed by atoms with Crippen molar-refractivity contribution in [1.82, 2.24) is 20.1 Å². The lowest BCUT2D eigenvalue weighted by molar-refractivity contribution is 0.0919. The van der Waals surface area contributed by atoms with E-state index in [1.807, 2.05) is 6.92 Å². The average molecular weight is 389 g/mol. The van der Waals surface area contributed by atoms with E-state index >= 15 is 0 Å². The molecule has 2 aromatic rings. The Balaban J connectivity index is 1.53. The highest BCUT2D eigenvalue weighted by molar-refractivity contribution is 6.30. The second kappa shape index (κ2) is 8.42. The molecule has 1 aliphatic rings. The summed E-state index contributed by atoms with van der Waals surface area (Å²) in [5, 5.41) is 8.40. The number of hydrogen-bond acceptors (Lipinski definition) is 3. The van der Waals surface area contributed by atoms with Crippen LogP contribution in [0.4, 0.5) is 0 Å². The Hall–Kier alpha value is -1.88. The Kier molecular flexibility index (Phi) is 6.20. The third-order valence-corrected chi connectivity index (χ3v) is 5.71. The van der Waals surface area contributed by atoms with Gasteiger partial charge in [-0.1, -0.05) is 25.4 Å². The molecular weight excluding hydrogens is 360 g/mol. The molecule has 27 heavy (non-hydrogen) atoms. The van der Waals surface area contributed by atoms with Crippen LogP contribution in [0.5, 0.6) is 0 Å². The molecule has 3 rings (SSSR count). The number of pyridine rings is 1. The number of nitrogens with one attached hydrogen (secondary N) is 1. The van der Waals surface area contributed by atoms with Gasteiger partial charge in [-0.2, -0.15) is 5.10 Å². The highest BCUT2D eigenvalue weighted by atomic mass is 35.5. The molecule has 0 aromatic carbocycles. The normalized spacial score (nSPS) is 20.1. The number of halogens is 1. The smallest absolute Gasteiger partial charge is 0.253 e. The fourth-order valence-corrected chi connectivity index (χ4v) is 3.90. The quantitative estimate of drug-likeness (QED) is 0.810. The molecule has 1 N–H and O–H groups in total. The van der Waals surface area contributed by atoms with Gasteiger partial charge in [0.2, 0.25) is 0 Å². The summed E-state index contributed by atoms with van der Waals surface area (Å²) in [6, 6.07) is 4.10. The third kappa shape index (κ3) is 4.89. The number of carbonyl (C=O) groups excluding carboxylic acids is 1. The largest absolute Gasteiger partial charge is 0.349 e. The number of hydrogen-bond donors (Lipinski definition) is 1. The van der Waals surface area contributed by atoms with E-state index in [1.54, 1.807) is 12.3 Å². The Labute approximate surface area is 166 Å². The van der Waals surface area contributed by atoms with Crippen LogP contribution in [0.25, 0.3) is 0 Å². The van der Waals surface area contributed by atoms with Crippen LogP contribution in [-0.2, 0) is 6.54 Å². The van der Waals surface area contributed by atoms with Crippen LogP contribution in [0.3, 0.4) is 0 Å². The van der Waals surface area contributed by atoms with Gasteiger partial charge in [-0.15, -0.1) is 0 Å². The van der Waals surface area contributed by atoms with Gasteiger partial charge in [0.25, 0.3) is 5.91 Å². The minimum atomic E-state index is -0.0737. The first kappa shape index (κ1) is 19.9. The van der Waals surface area contributed by atoms with Gasteiger partial charge in [-0.3, -0.25) is 14.5 Å². The lowest BCUT2D eigenvalue weighted by Crippen LogP contribution is -2.38. The van der Waals surface area contributed by atoms with Crippen molar-refractivity contribution < 1.29 is 4.79 Å². The molecule has 1 aliphatic carbocycles. The standard InChI is InChI=1S/C21H29ClN4O/c1-13(2)20-9-14(3)26(25-20)12-16-5-7-18(8-6-16)24-21(27)19-10-17(22)11-23-15(19)4/h9-11,13,16,18H,5-8,12H2,1-4H3,(H,24,27). The Morgan fingerprint density at radius 1 is 1.26 bits per heavy atom. The van der Waals surface area contributed by atoms with Crippen molar-refractivity contribution in [1.29, 1.82) is 0 Å². The monoisotopic (exact) mass is 388 g/mol. The minimum absolute atomic E-state index is 0.0737. The van der Waals surface area contributed by atoms with Crippen molar-refractivity contribution in [2.24, 2.45) is 5.92 Å². The first-order valence-corrected chi connectivity index (χ1v) is 10.2. The van der Waals surface area contributed by atoms with Crippen LogP contribution in [0.1, 0.15) is 72.9 Å². The summed E-state index contributed by atoms with van der Waals surface area (Å²) in [6.07, 6.45) is 5.78. The molecule has 0 aliphatic heterocycles. The van der Waals surface area contributed by atoms with E-state index in [2.05, 4.69) is 41.8 Å². The zero-order valence-electron chi connectivity index (χ0n) is 16.6. The summed E-state index contributed by atoms with van der Waals surface area (Å²) in [7, 11) is 0. The molecule has 1 saturated carbocycles.